The van der Waals surface area contributed by atoms with Gasteiger partial charge >= 0.3 is 24.0 Å². The molecule has 0 spiro atoms. The van der Waals surface area contributed by atoms with E-state index in [4.69, 9.17) is 4.74 Å². The number of carbonyl (C=O) groups excluding carboxylic acids is 5. The highest BCUT2D eigenvalue weighted by atomic mass is 16.9. The molecule has 27 heavy (non-hydrogen) atoms. The summed E-state index contributed by atoms with van der Waals surface area (Å²) in [6.07, 6.45) is -3.33. The van der Waals surface area contributed by atoms with Crippen LogP contribution in [0.1, 0.15) is 30.6 Å². The van der Waals surface area contributed by atoms with E-state index in [2.05, 4.69) is 14.3 Å². The zero-order chi connectivity index (χ0) is 20.0. The predicted molar refractivity (Wildman–Crippen MR) is 85.5 cm³/mol. The topological polar surface area (TPSA) is 126 Å². The van der Waals surface area contributed by atoms with Gasteiger partial charge in [0, 0.05) is 0 Å². The largest absolute Gasteiger partial charge is 0.536 e. The zero-order valence-electron chi connectivity index (χ0n) is 14.6. The summed E-state index contributed by atoms with van der Waals surface area (Å²) in [5.41, 5.74) is 0.198. The summed E-state index contributed by atoms with van der Waals surface area (Å²) in [4.78, 5) is 63.1. The molecule has 0 radical (unpaired) electrons. The highest BCUT2D eigenvalue weighted by molar-refractivity contribution is 6.05. The molecule has 1 aliphatic rings. The first-order chi connectivity index (χ1) is 12.8. The second kappa shape index (κ2) is 8.79. The van der Waals surface area contributed by atoms with Crippen molar-refractivity contribution < 1.29 is 43.0 Å². The number of imide groups is 1. The van der Waals surface area contributed by atoms with Crippen molar-refractivity contribution in [1.82, 2.24) is 5.06 Å². The van der Waals surface area contributed by atoms with E-state index in [-0.39, 0.29) is 10.6 Å². The minimum Gasteiger partial charge on any atom is -0.448 e. The lowest BCUT2D eigenvalue weighted by Gasteiger charge is -2.14. The number of amides is 2. The molecule has 0 aliphatic carbocycles. The molecule has 0 N–H and O–H groups in total. The van der Waals surface area contributed by atoms with Gasteiger partial charge in [-0.2, -0.15) is 0 Å². The van der Waals surface area contributed by atoms with Crippen molar-refractivity contribution in [3.63, 3.8) is 0 Å². The van der Waals surface area contributed by atoms with Gasteiger partial charge < -0.3 is 14.2 Å². The molecular formula is C17H17NO9. The summed E-state index contributed by atoms with van der Waals surface area (Å²) in [5.74, 6) is -3.75. The fraction of sp³-hybridized carbons (Fsp3) is 0.353. The van der Waals surface area contributed by atoms with Crippen LogP contribution in [0, 0.1) is 5.92 Å². The quantitative estimate of drug-likeness (QED) is 0.407. The highest BCUT2D eigenvalue weighted by Gasteiger charge is 2.44. The molecule has 1 aromatic carbocycles. The molecule has 0 aromatic heterocycles. The minimum atomic E-state index is -1.43. The van der Waals surface area contributed by atoms with Crippen molar-refractivity contribution in [3.05, 3.63) is 35.9 Å². The average Bonchev–Trinajstić information content (AvgIpc) is 2.89. The Hall–Kier alpha value is -3.43. The van der Waals surface area contributed by atoms with Gasteiger partial charge in [-0.1, -0.05) is 37.1 Å². The third kappa shape index (κ3) is 5.27. The second-order valence-corrected chi connectivity index (χ2v) is 5.71. The van der Waals surface area contributed by atoms with Crippen LogP contribution in [0.15, 0.2) is 30.3 Å². The van der Waals surface area contributed by atoms with Gasteiger partial charge in [-0.15, -0.1) is 0 Å². The molecule has 1 fully saturated rings. The fourth-order valence-electron chi connectivity index (χ4n) is 1.95. The summed E-state index contributed by atoms with van der Waals surface area (Å²) in [5, 5.41) is 0.148. The van der Waals surface area contributed by atoms with Gasteiger partial charge in [-0.25, -0.2) is 9.59 Å². The van der Waals surface area contributed by atoms with Gasteiger partial charge in [0.15, 0.2) is 6.10 Å². The van der Waals surface area contributed by atoms with Crippen LogP contribution in [-0.2, 0) is 33.4 Å². The van der Waals surface area contributed by atoms with Crippen LogP contribution in [0.4, 0.5) is 4.79 Å². The lowest BCUT2D eigenvalue weighted by molar-refractivity contribution is -0.184. The Morgan fingerprint density at radius 1 is 1.11 bits per heavy atom. The van der Waals surface area contributed by atoms with Gasteiger partial charge in [-0.05, 0) is 12.1 Å². The molecule has 0 saturated carbocycles. The lowest BCUT2D eigenvalue weighted by atomic mass is 10.2. The van der Waals surface area contributed by atoms with Gasteiger partial charge in [0.1, 0.15) is 0 Å². The molecular weight excluding hydrogens is 362 g/mol. The molecule has 10 nitrogen and oxygen atoms in total. The lowest BCUT2D eigenvalue weighted by Crippen LogP contribution is -2.36. The van der Waals surface area contributed by atoms with E-state index in [9.17, 15) is 24.0 Å². The molecule has 1 heterocycles. The Kier molecular flexibility index (Phi) is 6.47. The van der Waals surface area contributed by atoms with Crippen LogP contribution in [-0.4, -0.2) is 47.9 Å². The number of rotatable bonds is 6. The minimum absolute atomic E-state index is 0.148. The van der Waals surface area contributed by atoms with Crippen molar-refractivity contribution in [2.45, 2.75) is 26.4 Å². The Bertz CT molecular complexity index is 744. The first-order valence-electron chi connectivity index (χ1n) is 7.93. The molecule has 1 aromatic rings. The van der Waals surface area contributed by atoms with E-state index < -0.39 is 55.1 Å². The molecule has 1 saturated heterocycles. The zero-order valence-corrected chi connectivity index (χ0v) is 14.6. The molecule has 1 atom stereocenters. The Balaban J connectivity index is 1.85. The summed E-state index contributed by atoms with van der Waals surface area (Å²) in [7, 11) is 0. The summed E-state index contributed by atoms with van der Waals surface area (Å²) in [6.45, 7) is 2.43. The van der Waals surface area contributed by atoms with Gasteiger partial charge in [-0.3, -0.25) is 19.2 Å². The third-order valence-electron chi connectivity index (χ3n) is 3.34. The normalized spacial score (nSPS) is 16.3. The molecule has 0 bridgehead atoms. The van der Waals surface area contributed by atoms with Crippen LogP contribution >= 0.6 is 0 Å². The van der Waals surface area contributed by atoms with E-state index in [1.54, 1.807) is 32.0 Å². The van der Waals surface area contributed by atoms with E-state index in [1.165, 1.54) is 12.1 Å². The van der Waals surface area contributed by atoms with Gasteiger partial charge in [0.2, 0.25) is 6.79 Å². The molecule has 10 heteroatoms. The molecule has 2 amide bonds. The van der Waals surface area contributed by atoms with E-state index in [1.807, 2.05) is 0 Å². The van der Waals surface area contributed by atoms with Crippen LogP contribution in [0.5, 0.6) is 0 Å². The van der Waals surface area contributed by atoms with E-state index >= 15 is 0 Å². The number of hydroxylamine groups is 2. The standard InChI is InChI=1S/C17H17NO9/c1-10(2)15(21)24-9-25-17(23)27-18-13(19)8-12(14(18)20)26-16(22)11-6-4-3-5-7-11/h3-7,10,12H,8-9H2,1-2H3. The number of hydrogen-bond acceptors (Lipinski definition) is 9. The SMILES string of the molecule is CC(C)C(=O)OCOC(=O)ON1C(=O)CC(OC(=O)c2ccccc2)C1=O. The number of ether oxygens (including phenoxy) is 3. The summed E-state index contributed by atoms with van der Waals surface area (Å²) >= 11 is 0. The van der Waals surface area contributed by atoms with Gasteiger partial charge in [0.25, 0.3) is 5.91 Å². The van der Waals surface area contributed by atoms with Crippen LogP contribution < -0.4 is 0 Å². The molecule has 144 valence electrons. The Labute approximate surface area is 153 Å². The van der Waals surface area contributed by atoms with Crippen molar-refractivity contribution in [2.24, 2.45) is 5.92 Å². The maximum Gasteiger partial charge on any atom is 0.536 e. The van der Waals surface area contributed by atoms with Crippen molar-refractivity contribution in [3.8, 4) is 0 Å². The van der Waals surface area contributed by atoms with E-state index in [0.717, 1.165) is 0 Å². The van der Waals surface area contributed by atoms with Crippen LogP contribution in [0.2, 0.25) is 0 Å². The third-order valence-corrected chi connectivity index (χ3v) is 3.34. The smallest absolute Gasteiger partial charge is 0.448 e. The van der Waals surface area contributed by atoms with Gasteiger partial charge in [0.05, 0.1) is 17.9 Å². The first-order valence-corrected chi connectivity index (χ1v) is 7.93. The van der Waals surface area contributed by atoms with E-state index in [0.29, 0.717) is 0 Å². The fourth-order valence-corrected chi connectivity index (χ4v) is 1.95. The number of benzene rings is 1. The number of nitrogens with zero attached hydrogens (tertiary/aromatic N) is 1. The monoisotopic (exact) mass is 379 g/mol. The Morgan fingerprint density at radius 3 is 2.41 bits per heavy atom. The van der Waals surface area contributed by atoms with Crippen molar-refractivity contribution in [2.75, 3.05) is 6.79 Å². The first kappa shape index (κ1) is 19.9. The summed E-state index contributed by atoms with van der Waals surface area (Å²) in [6, 6.07) is 7.87. The maximum atomic E-state index is 12.1. The molecule has 2 rings (SSSR count). The van der Waals surface area contributed by atoms with Crippen LogP contribution in [0.3, 0.4) is 0 Å². The average molecular weight is 379 g/mol. The van der Waals surface area contributed by atoms with Crippen LogP contribution in [0.25, 0.3) is 0 Å². The Morgan fingerprint density at radius 2 is 1.78 bits per heavy atom. The molecule has 1 aliphatic heterocycles. The van der Waals surface area contributed by atoms with Crippen molar-refractivity contribution >= 4 is 29.9 Å². The number of carbonyl (C=O) groups is 5. The molecule has 1 unspecified atom stereocenters. The predicted octanol–water partition coefficient (Wildman–Crippen LogP) is 1.20. The van der Waals surface area contributed by atoms with Crippen molar-refractivity contribution in [1.29, 1.82) is 0 Å². The maximum absolute atomic E-state index is 12.1. The highest BCUT2D eigenvalue weighted by Crippen LogP contribution is 2.18. The summed E-state index contributed by atoms with van der Waals surface area (Å²) < 4.78 is 14.0. The second-order valence-electron chi connectivity index (χ2n) is 5.71. The number of esters is 2. The number of hydrogen-bond donors (Lipinski definition) is 0.